The predicted octanol–water partition coefficient (Wildman–Crippen LogP) is 5.08. The van der Waals surface area contributed by atoms with E-state index in [9.17, 15) is 19.2 Å². The first kappa shape index (κ1) is 25.3. The predicted molar refractivity (Wildman–Crippen MR) is 141 cm³/mol. The maximum atomic E-state index is 13.0. The number of para-hydroxylation sites is 1. The van der Waals surface area contributed by atoms with Crippen LogP contribution in [0.4, 0.5) is 17.1 Å². The Labute approximate surface area is 228 Å². The highest BCUT2D eigenvalue weighted by molar-refractivity contribution is 9.11. The lowest BCUT2D eigenvalue weighted by atomic mass is 10.0. The first-order valence-corrected chi connectivity index (χ1v) is 12.6. The van der Waals surface area contributed by atoms with Gasteiger partial charge in [-0.05, 0) is 68.3 Å². The van der Waals surface area contributed by atoms with E-state index in [2.05, 4.69) is 31.9 Å². The fourth-order valence-corrected chi connectivity index (χ4v) is 5.46. The molecule has 0 unspecified atom stereocenters. The normalized spacial score (nSPS) is 14.5. The van der Waals surface area contributed by atoms with Crippen molar-refractivity contribution >= 4 is 72.6 Å². The highest BCUT2D eigenvalue weighted by atomic mass is 79.9. The van der Waals surface area contributed by atoms with Crippen LogP contribution in [0, 0.1) is 0 Å². The second kappa shape index (κ2) is 9.82. The zero-order valence-electron chi connectivity index (χ0n) is 19.7. The Morgan fingerprint density at radius 3 is 1.41 bits per heavy atom. The molecule has 3 aromatic carbocycles. The van der Waals surface area contributed by atoms with Crippen LogP contribution in [-0.2, 0) is 9.47 Å². The molecular weight excluding hydrogens is 610 g/mol. The topological polar surface area (TPSA) is 96.5 Å². The molecule has 5 rings (SSSR count). The summed E-state index contributed by atoms with van der Waals surface area (Å²) in [6.45, 7) is -0.321. The molecule has 0 fully saturated rings. The summed E-state index contributed by atoms with van der Waals surface area (Å²) in [5.74, 6) is -1.82. The minimum absolute atomic E-state index is 0.161. The van der Waals surface area contributed by atoms with Crippen molar-refractivity contribution in [1.29, 1.82) is 0 Å². The third-order valence-electron chi connectivity index (χ3n) is 6.09. The number of anilines is 3. The van der Waals surface area contributed by atoms with Gasteiger partial charge in [-0.15, -0.1) is 0 Å². The lowest BCUT2D eigenvalue weighted by Crippen LogP contribution is -2.31. The van der Waals surface area contributed by atoms with E-state index >= 15 is 0 Å². The van der Waals surface area contributed by atoms with Crippen LogP contribution in [0.15, 0.2) is 63.5 Å². The van der Waals surface area contributed by atoms with E-state index in [4.69, 9.17) is 9.47 Å². The highest BCUT2D eigenvalue weighted by Crippen LogP contribution is 2.45. The van der Waals surface area contributed by atoms with Crippen LogP contribution in [0.5, 0.6) is 0 Å². The first-order valence-electron chi connectivity index (χ1n) is 11.0. The number of hydrogen-bond acceptors (Lipinski definition) is 7. The number of hydrogen-bond donors (Lipinski definition) is 0. The van der Waals surface area contributed by atoms with Gasteiger partial charge in [0.25, 0.3) is 23.6 Å². The van der Waals surface area contributed by atoms with Crippen LogP contribution in [-0.4, -0.2) is 61.1 Å². The minimum Gasteiger partial charge on any atom is -0.364 e. The molecule has 0 radical (unpaired) electrons. The van der Waals surface area contributed by atoms with Gasteiger partial charge < -0.3 is 14.4 Å². The van der Waals surface area contributed by atoms with Crippen LogP contribution in [0.3, 0.4) is 0 Å². The molecule has 2 aliphatic heterocycles. The van der Waals surface area contributed by atoms with Crippen molar-refractivity contribution in [2.24, 2.45) is 0 Å². The van der Waals surface area contributed by atoms with E-state index in [1.807, 2.05) is 35.2 Å². The fourth-order valence-electron chi connectivity index (χ4n) is 4.42. The molecule has 0 saturated heterocycles. The molecule has 37 heavy (non-hydrogen) atoms. The second-order valence-corrected chi connectivity index (χ2v) is 9.99. The number of methoxy groups -OCH3 is 2. The number of fused-ring (bicyclic) bond motifs is 2. The summed E-state index contributed by atoms with van der Waals surface area (Å²) >= 11 is 7.15. The number of halogens is 2. The largest absolute Gasteiger partial charge is 0.364 e. The van der Waals surface area contributed by atoms with Crippen molar-refractivity contribution in [3.63, 3.8) is 0 Å². The Balaban J connectivity index is 1.70. The molecule has 0 N–H and O–H groups in total. The van der Waals surface area contributed by atoms with Gasteiger partial charge in [0.05, 0.1) is 33.6 Å². The third-order valence-corrected chi connectivity index (χ3v) is 7.36. The molecule has 0 atom stereocenters. The number of nitrogens with zero attached hydrogens (tertiary/aromatic N) is 3. The Kier molecular flexibility index (Phi) is 6.71. The van der Waals surface area contributed by atoms with Gasteiger partial charge in [-0.25, -0.2) is 0 Å². The van der Waals surface area contributed by atoms with Crippen molar-refractivity contribution < 1.29 is 28.7 Å². The van der Waals surface area contributed by atoms with Crippen molar-refractivity contribution in [2.45, 2.75) is 0 Å². The molecule has 0 aliphatic carbocycles. The third kappa shape index (κ3) is 4.08. The summed E-state index contributed by atoms with van der Waals surface area (Å²) in [6.07, 6.45) is 0. The quantitative estimate of drug-likeness (QED) is 0.337. The molecule has 0 spiro atoms. The van der Waals surface area contributed by atoms with Gasteiger partial charge in [0.2, 0.25) is 0 Å². The lowest BCUT2D eigenvalue weighted by molar-refractivity contribution is 0.0375. The summed E-state index contributed by atoms with van der Waals surface area (Å²) in [6, 6.07) is 15.8. The zero-order chi connectivity index (χ0) is 26.4. The summed E-state index contributed by atoms with van der Waals surface area (Å²) in [5.41, 5.74) is 2.81. The van der Waals surface area contributed by atoms with E-state index in [0.29, 0.717) is 20.3 Å². The van der Waals surface area contributed by atoms with Gasteiger partial charge in [-0.3, -0.25) is 29.0 Å². The molecule has 188 valence electrons. The molecular formula is C26H19Br2N3O6. The van der Waals surface area contributed by atoms with Gasteiger partial charge in [0.1, 0.15) is 13.5 Å². The molecule has 9 nitrogen and oxygen atoms in total. The van der Waals surface area contributed by atoms with E-state index in [-0.39, 0.29) is 35.7 Å². The first-order chi connectivity index (χ1) is 17.8. The minimum atomic E-state index is -0.465. The van der Waals surface area contributed by atoms with Crippen molar-refractivity contribution in [3.8, 4) is 0 Å². The smallest absolute Gasteiger partial charge is 0.263 e. The monoisotopic (exact) mass is 627 g/mol. The van der Waals surface area contributed by atoms with Crippen molar-refractivity contribution in [3.05, 3.63) is 85.8 Å². The average molecular weight is 629 g/mol. The zero-order valence-corrected chi connectivity index (χ0v) is 22.8. The molecule has 11 heteroatoms. The maximum Gasteiger partial charge on any atom is 0.263 e. The molecule has 0 saturated carbocycles. The molecule has 4 amide bonds. The Bertz CT molecular complexity index is 1390. The molecule has 2 aliphatic rings. The van der Waals surface area contributed by atoms with E-state index in [1.54, 1.807) is 24.3 Å². The van der Waals surface area contributed by atoms with Gasteiger partial charge in [0, 0.05) is 28.9 Å². The van der Waals surface area contributed by atoms with Gasteiger partial charge >= 0.3 is 0 Å². The molecule has 2 heterocycles. The van der Waals surface area contributed by atoms with Crippen LogP contribution in [0.2, 0.25) is 0 Å². The number of ether oxygens (including phenoxy) is 2. The Hall–Kier alpha value is -3.38. The van der Waals surface area contributed by atoms with Gasteiger partial charge in [0.15, 0.2) is 0 Å². The van der Waals surface area contributed by atoms with Crippen LogP contribution in [0.25, 0.3) is 0 Å². The van der Waals surface area contributed by atoms with Crippen LogP contribution in [0.1, 0.15) is 41.4 Å². The summed E-state index contributed by atoms with van der Waals surface area (Å²) in [7, 11) is 2.82. The van der Waals surface area contributed by atoms with E-state index < -0.39 is 23.6 Å². The Morgan fingerprint density at radius 2 is 1.03 bits per heavy atom. The number of carbonyl (C=O) groups excluding carboxylic acids is 4. The summed E-state index contributed by atoms with van der Waals surface area (Å²) < 4.78 is 11.2. The van der Waals surface area contributed by atoms with E-state index in [0.717, 1.165) is 15.5 Å². The highest BCUT2D eigenvalue weighted by Gasteiger charge is 2.39. The number of imide groups is 2. The summed E-state index contributed by atoms with van der Waals surface area (Å²) in [5, 5.41) is 0. The van der Waals surface area contributed by atoms with E-state index in [1.165, 1.54) is 14.2 Å². The van der Waals surface area contributed by atoms with Crippen molar-refractivity contribution in [1.82, 2.24) is 9.80 Å². The summed E-state index contributed by atoms with van der Waals surface area (Å²) in [4.78, 5) is 55.6. The molecule has 0 bridgehead atoms. The Morgan fingerprint density at radius 1 is 0.649 bits per heavy atom. The lowest BCUT2D eigenvalue weighted by Gasteiger charge is -2.28. The number of carbonyl (C=O) groups is 4. The number of benzene rings is 3. The van der Waals surface area contributed by atoms with Crippen LogP contribution >= 0.6 is 31.9 Å². The average Bonchev–Trinajstić information content (AvgIpc) is 3.25. The molecule has 0 aromatic heterocycles. The fraction of sp³-hybridized carbons (Fsp3) is 0.154. The van der Waals surface area contributed by atoms with Gasteiger partial charge in [-0.1, -0.05) is 18.2 Å². The maximum absolute atomic E-state index is 13.0. The molecule has 3 aromatic rings. The van der Waals surface area contributed by atoms with Gasteiger partial charge in [-0.2, -0.15) is 0 Å². The second-order valence-electron chi connectivity index (χ2n) is 8.28. The number of rotatable bonds is 7. The number of amides is 4. The SMILES string of the molecule is COCN1C(=O)c2cc(Br)c(N(c3ccccc3)c3cc4c(cc3Br)C(=O)N(COC)C4=O)cc2C1=O. The van der Waals surface area contributed by atoms with Crippen molar-refractivity contribution in [2.75, 3.05) is 32.6 Å². The van der Waals surface area contributed by atoms with Crippen LogP contribution < -0.4 is 4.90 Å². The standard InChI is InChI=1S/C26H19Br2N3O6/c1-36-12-29-23(32)15-8-19(27)21(10-17(15)25(29)34)31(14-6-4-3-5-7-14)22-11-18-16(9-20(22)28)24(33)30(13-37-2)26(18)35/h3-11H,12-13H2,1-2H3.